The number of aryl methyl sites for hydroxylation is 1. The maximum Gasteiger partial charge on any atom is 0.253 e. The summed E-state index contributed by atoms with van der Waals surface area (Å²) in [5.41, 5.74) is 0.346. The molecule has 2 heterocycles. The average molecular weight is 288 g/mol. The van der Waals surface area contributed by atoms with Crippen molar-refractivity contribution < 1.29 is 4.79 Å². The first kappa shape index (κ1) is 15.0. The van der Waals surface area contributed by atoms with Crippen molar-refractivity contribution in [1.82, 2.24) is 19.4 Å². The van der Waals surface area contributed by atoms with Crippen LogP contribution >= 0.6 is 0 Å². The summed E-state index contributed by atoms with van der Waals surface area (Å²) in [6.45, 7) is 4.78. The third-order valence-electron chi connectivity index (χ3n) is 3.44. The number of nitrogens with zero attached hydrogens (tertiary/aromatic N) is 3. The highest BCUT2D eigenvalue weighted by Gasteiger charge is 2.18. The standard InChI is InChI=1S/C15H20N4O2/c1-11(2)13(9-19-7-6-16-10-19)17-15(21)12-4-5-14(20)18(3)8-12/h4-8,10-11,13H,9H2,1-3H3,(H,17,21)/t13-/m1/s1. The van der Waals surface area contributed by atoms with Gasteiger partial charge in [-0.05, 0) is 12.0 Å². The first-order chi connectivity index (χ1) is 9.97. The first-order valence-electron chi connectivity index (χ1n) is 6.90. The predicted molar refractivity (Wildman–Crippen MR) is 80.0 cm³/mol. The van der Waals surface area contributed by atoms with Crippen molar-refractivity contribution in [1.29, 1.82) is 0 Å². The molecule has 2 rings (SSSR count). The number of pyridine rings is 1. The molecule has 21 heavy (non-hydrogen) atoms. The second-order valence-electron chi connectivity index (χ2n) is 5.45. The molecule has 112 valence electrons. The number of carbonyl (C=O) groups excluding carboxylic acids is 1. The van der Waals surface area contributed by atoms with E-state index in [1.165, 1.54) is 10.6 Å². The fourth-order valence-corrected chi connectivity index (χ4v) is 2.02. The zero-order valence-corrected chi connectivity index (χ0v) is 12.5. The van der Waals surface area contributed by atoms with Crippen LogP contribution in [-0.4, -0.2) is 26.1 Å². The zero-order valence-electron chi connectivity index (χ0n) is 12.5. The Morgan fingerprint density at radius 2 is 2.14 bits per heavy atom. The van der Waals surface area contributed by atoms with E-state index in [1.807, 2.05) is 10.8 Å². The summed E-state index contributed by atoms with van der Waals surface area (Å²) in [5.74, 6) is 0.105. The van der Waals surface area contributed by atoms with Gasteiger partial charge in [-0.15, -0.1) is 0 Å². The molecule has 0 radical (unpaired) electrons. The SMILES string of the molecule is CC(C)[C@@H](Cn1ccnc1)NC(=O)c1ccc(=O)n(C)c1. The summed E-state index contributed by atoms with van der Waals surface area (Å²) >= 11 is 0. The highest BCUT2D eigenvalue weighted by molar-refractivity contribution is 5.94. The molecule has 0 spiro atoms. The third kappa shape index (κ3) is 3.81. The fraction of sp³-hybridized carbons (Fsp3) is 0.400. The van der Waals surface area contributed by atoms with Crippen LogP contribution in [0, 0.1) is 5.92 Å². The molecule has 1 N–H and O–H groups in total. The Bertz CT molecular complexity index is 659. The molecule has 0 unspecified atom stereocenters. The van der Waals surface area contributed by atoms with Crippen molar-refractivity contribution in [2.24, 2.45) is 13.0 Å². The molecule has 6 nitrogen and oxygen atoms in total. The number of carbonyl (C=O) groups is 1. The second kappa shape index (κ2) is 6.39. The van der Waals surface area contributed by atoms with Crippen molar-refractivity contribution in [3.8, 4) is 0 Å². The van der Waals surface area contributed by atoms with Crippen LogP contribution in [0.3, 0.4) is 0 Å². The van der Waals surface area contributed by atoms with Crippen LogP contribution in [0.5, 0.6) is 0 Å². The first-order valence-corrected chi connectivity index (χ1v) is 6.90. The molecule has 0 saturated heterocycles. The number of aromatic nitrogens is 3. The van der Waals surface area contributed by atoms with Crippen LogP contribution in [0.1, 0.15) is 24.2 Å². The molecule has 0 aliphatic rings. The summed E-state index contributed by atoms with van der Waals surface area (Å²) in [7, 11) is 1.63. The molecule has 0 bridgehead atoms. The van der Waals surface area contributed by atoms with Gasteiger partial charge in [0, 0.05) is 44.3 Å². The normalized spacial score (nSPS) is 12.4. The van der Waals surface area contributed by atoms with Gasteiger partial charge in [0.05, 0.1) is 11.9 Å². The molecular weight excluding hydrogens is 268 g/mol. The second-order valence-corrected chi connectivity index (χ2v) is 5.45. The van der Waals surface area contributed by atoms with E-state index in [4.69, 9.17) is 0 Å². The summed E-state index contributed by atoms with van der Waals surface area (Å²) in [5, 5.41) is 3.01. The van der Waals surface area contributed by atoms with Crippen molar-refractivity contribution in [3.05, 3.63) is 53.0 Å². The molecule has 0 saturated carbocycles. The van der Waals surface area contributed by atoms with Crippen LogP contribution < -0.4 is 10.9 Å². The van der Waals surface area contributed by atoms with E-state index in [0.29, 0.717) is 12.1 Å². The molecule has 0 aliphatic carbocycles. The fourth-order valence-electron chi connectivity index (χ4n) is 2.02. The number of hydrogen-bond donors (Lipinski definition) is 1. The summed E-state index contributed by atoms with van der Waals surface area (Å²) in [6, 6.07) is 2.94. The Balaban J connectivity index is 2.10. The molecule has 0 aliphatic heterocycles. The molecule has 6 heteroatoms. The average Bonchev–Trinajstić information content (AvgIpc) is 2.93. The number of hydrogen-bond acceptors (Lipinski definition) is 3. The lowest BCUT2D eigenvalue weighted by molar-refractivity contribution is 0.0919. The van der Waals surface area contributed by atoms with E-state index in [2.05, 4.69) is 24.1 Å². The summed E-state index contributed by atoms with van der Waals surface area (Å²) in [4.78, 5) is 27.7. The molecule has 0 aromatic carbocycles. The van der Waals surface area contributed by atoms with E-state index >= 15 is 0 Å². The van der Waals surface area contributed by atoms with Crippen molar-refractivity contribution in [3.63, 3.8) is 0 Å². The third-order valence-corrected chi connectivity index (χ3v) is 3.44. The van der Waals surface area contributed by atoms with Crippen LogP contribution in [0.15, 0.2) is 41.8 Å². The van der Waals surface area contributed by atoms with Gasteiger partial charge in [0.1, 0.15) is 0 Å². The minimum atomic E-state index is -0.176. The monoisotopic (exact) mass is 288 g/mol. The van der Waals surface area contributed by atoms with Crippen molar-refractivity contribution >= 4 is 5.91 Å². The Morgan fingerprint density at radius 3 is 2.71 bits per heavy atom. The minimum Gasteiger partial charge on any atom is -0.347 e. The van der Waals surface area contributed by atoms with Crippen LogP contribution in [0.25, 0.3) is 0 Å². The minimum absolute atomic E-state index is 0.0102. The van der Waals surface area contributed by atoms with Gasteiger partial charge in [0.2, 0.25) is 5.56 Å². The molecule has 2 aromatic rings. The number of imidazole rings is 1. The maximum absolute atomic E-state index is 12.3. The molecule has 1 amide bonds. The van der Waals surface area contributed by atoms with Gasteiger partial charge in [0.25, 0.3) is 5.91 Å². The number of nitrogens with one attached hydrogen (secondary N) is 1. The number of amides is 1. The van der Waals surface area contributed by atoms with E-state index in [-0.39, 0.29) is 23.4 Å². The van der Waals surface area contributed by atoms with Gasteiger partial charge < -0.3 is 14.5 Å². The van der Waals surface area contributed by atoms with Crippen LogP contribution in [0.2, 0.25) is 0 Å². The predicted octanol–water partition coefficient (Wildman–Crippen LogP) is 1.04. The van der Waals surface area contributed by atoms with Gasteiger partial charge in [-0.1, -0.05) is 13.8 Å². The summed E-state index contributed by atoms with van der Waals surface area (Å²) < 4.78 is 3.33. The highest BCUT2D eigenvalue weighted by atomic mass is 16.2. The largest absolute Gasteiger partial charge is 0.347 e. The lowest BCUT2D eigenvalue weighted by Gasteiger charge is -2.23. The zero-order chi connectivity index (χ0) is 15.4. The maximum atomic E-state index is 12.3. The smallest absolute Gasteiger partial charge is 0.253 e. The Labute approximate surface area is 123 Å². The number of rotatable bonds is 5. The van der Waals surface area contributed by atoms with Crippen molar-refractivity contribution in [2.75, 3.05) is 0 Å². The van der Waals surface area contributed by atoms with E-state index in [1.54, 1.807) is 31.8 Å². The molecular formula is C15H20N4O2. The van der Waals surface area contributed by atoms with E-state index < -0.39 is 0 Å². The molecule has 2 aromatic heterocycles. The quantitative estimate of drug-likeness (QED) is 0.893. The van der Waals surface area contributed by atoms with Crippen molar-refractivity contribution in [2.45, 2.75) is 26.4 Å². The van der Waals surface area contributed by atoms with Gasteiger partial charge in [-0.3, -0.25) is 9.59 Å². The van der Waals surface area contributed by atoms with E-state index in [0.717, 1.165) is 0 Å². The van der Waals surface area contributed by atoms with Gasteiger partial charge in [-0.25, -0.2) is 4.98 Å². The lowest BCUT2D eigenvalue weighted by Crippen LogP contribution is -2.41. The van der Waals surface area contributed by atoms with E-state index in [9.17, 15) is 9.59 Å². The Kier molecular flexibility index (Phi) is 4.57. The molecule has 1 atom stereocenters. The lowest BCUT2D eigenvalue weighted by atomic mass is 10.0. The summed E-state index contributed by atoms with van der Waals surface area (Å²) in [6.07, 6.45) is 6.86. The van der Waals surface area contributed by atoms with Gasteiger partial charge in [-0.2, -0.15) is 0 Å². The van der Waals surface area contributed by atoms with Crippen LogP contribution in [-0.2, 0) is 13.6 Å². The highest BCUT2D eigenvalue weighted by Crippen LogP contribution is 2.07. The van der Waals surface area contributed by atoms with Gasteiger partial charge in [0.15, 0.2) is 0 Å². The Hall–Kier alpha value is -2.37. The Morgan fingerprint density at radius 1 is 1.38 bits per heavy atom. The van der Waals surface area contributed by atoms with Gasteiger partial charge >= 0.3 is 0 Å². The van der Waals surface area contributed by atoms with Crippen LogP contribution in [0.4, 0.5) is 0 Å². The topological polar surface area (TPSA) is 68.9 Å². The molecule has 0 fully saturated rings.